The van der Waals surface area contributed by atoms with Crippen LogP contribution in [-0.4, -0.2) is 6.03 Å². The molecule has 0 aliphatic heterocycles. The number of rotatable bonds is 3. The number of halogens is 3. The van der Waals surface area contributed by atoms with Gasteiger partial charge in [-0.05, 0) is 29.8 Å². The number of urea groups is 1. The number of carbonyl (C=O) groups excluding carboxylic acids is 1. The first kappa shape index (κ1) is 15.2. The monoisotopic (exact) mass is 352 g/mol. The van der Waals surface area contributed by atoms with Crippen molar-refractivity contribution in [1.82, 2.24) is 5.32 Å². The summed E-state index contributed by atoms with van der Waals surface area (Å²) in [6, 6.07) is 9.76. The number of carbonyl (C=O) groups is 1. The maximum atomic E-state index is 13.3. The summed E-state index contributed by atoms with van der Waals surface area (Å²) in [5.41, 5.74) is 0.786. The molecule has 21 heavy (non-hydrogen) atoms. The SMILES string of the molecule is O=C(N/C=C/c1ccccc1Br)Nc1ccc(F)cc1F. The third-order valence-electron chi connectivity index (χ3n) is 2.56. The second-order valence-electron chi connectivity index (χ2n) is 4.08. The Morgan fingerprint density at radius 3 is 2.62 bits per heavy atom. The van der Waals surface area contributed by atoms with Gasteiger partial charge in [-0.3, -0.25) is 0 Å². The van der Waals surface area contributed by atoms with E-state index in [0.717, 1.165) is 22.2 Å². The van der Waals surface area contributed by atoms with Crippen LogP contribution in [0.2, 0.25) is 0 Å². The Labute approximate surface area is 128 Å². The molecule has 0 saturated carbocycles. The Kier molecular flexibility index (Phi) is 5.05. The molecule has 0 radical (unpaired) electrons. The van der Waals surface area contributed by atoms with E-state index >= 15 is 0 Å². The van der Waals surface area contributed by atoms with Crippen molar-refractivity contribution in [3.05, 3.63) is 70.3 Å². The number of nitrogens with one attached hydrogen (secondary N) is 2. The van der Waals surface area contributed by atoms with Crippen LogP contribution in [-0.2, 0) is 0 Å². The van der Waals surface area contributed by atoms with E-state index in [2.05, 4.69) is 26.6 Å². The van der Waals surface area contributed by atoms with E-state index in [-0.39, 0.29) is 5.69 Å². The van der Waals surface area contributed by atoms with E-state index in [0.29, 0.717) is 6.07 Å². The first-order valence-electron chi connectivity index (χ1n) is 6.00. The molecule has 2 rings (SSSR count). The quantitative estimate of drug-likeness (QED) is 0.837. The summed E-state index contributed by atoms with van der Waals surface area (Å²) in [6.45, 7) is 0. The number of hydrogen-bond donors (Lipinski definition) is 2. The van der Waals surface area contributed by atoms with E-state index in [1.54, 1.807) is 6.08 Å². The molecular formula is C15H11BrF2N2O. The Balaban J connectivity index is 1.95. The number of amides is 2. The highest BCUT2D eigenvalue weighted by atomic mass is 79.9. The van der Waals surface area contributed by atoms with Gasteiger partial charge in [0.25, 0.3) is 0 Å². The molecular weight excluding hydrogens is 342 g/mol. The average molecular weight is 353 g/mol. The second-order valence-corrected chi connectivity index (χ2v) is 4.93. The summed E-state index contributed by atoms with van der Waals surface area (Å²) in [5, 5.41) is 4.72. The zero-order valence-electron chi connectivity index (χ0n) is 10.7. The van der Waals surface area contributed by atoms with Gasteiger partial charge in [-0.15, -0.1) is 0 Å². The number of hydrogen-bond acceptors (Lipinski definition) is 1. The summed E-state index contributed by atoms with van der Waals surface area (Å²) in [6.07, 6.45) is 3.11. The molecule has 0 aromatic heterocycles. The van der Waals surface area contributed by atoms with Gasteiger partial charge in [0.15, 0.2) is 0 Å². The first-order valence-corrected chi connectivity index (χ1v) is 6.79. The molecule has 0 saturated heterocycles. The Morgan fingerprint density at radius 2 is 1.90 bits per heavy atom. The molecule has 0 aliphatic carbocycles. The van der Waals surface area contributed by atoms with E-state index in [1.165, 1.54) is 6.20 Å². The van der Waals surface area contributed by atoms with Crippen LogP contribution in [0.3, 0.4) is 0 Å². The van der Waals surface area contributed by atoms with Crippen LogP contribution < -0.4 is 10.6 Å². The molecule has 0 spiro atoms. The van der Waals surface area contributed by atoms with Crippen LogP contribution in [0.1, 0.15) is 5.56 Å². The van der Waals surface area contributed by atoms with E-state index in [1.807, 2.05) is 24.3 Å². The predicted octanol–water partition coefficient (Wildman–Crippen LogP) is 4.52. The molecule has 0 heterocycles. The number of anilines is 1. The predicted molar refractivity (Wildman–Crippen MR) is 81.7 cm³/mol. The van der Waals surface area contributed by atoms with E-state index in [4.69, 9.17) is 0 Å². The van der Waals surface area contributed by atoms with Gasteiger partial charge in [0, 0.05) is 16.7 Å². The fourth-order valence-corrected chi connectivity index (χ4v) is 1.98. The molecule has 6 heteroatoms. The van der Waals surface area contributed by atoms with Crippen LogP contribution in [0.25, 0.3) is 6.08 Å². The molecule has 0 bridgehead atoms. The van der Waals surface area contributed by atoms with Crippen molar-refractivity contribution in [3.8, 4) is 0 Å². The molecule has 0 aliphatic rings. The highest BCUT2D eigenvalue weighted by Crippen LogP contribution is 2.17. The van der Waals surface area contributed by atoms with Crippen LogP contribution in [0.5, 0.6) is 0 Å². The van der Waals surface area contributed by atoms with Gasteiger partial charge in [-0.25, -0.2) is 13.6 Å². The third kappa shape index (κ3) is 4.39. The van der Waals surface area contributed by atoms with Gasteiger partial charge >= 0.3 is 6.03 Å². The Bertz CT molecular complexity index is 689. The van der Waals surface area contributed by atoms with Gasteiger partial charge in [-0.1, -0.05) is 34.1 Å². The molecule has 2 N–H and O–H groups in total. The van der Waals surface area contributed by atoms with Gasteiger partial charge in [0.1, 0.15) is 11.6 Å². The standard InChI is InChI=1S/C15H11BrF2N2O/c16-12-4-2-1-3-10(12)7-8-19-15(21)20-14-6-5-11(17)9-13(14)18/h1-9H,(H2,19,20,21)/b8-7+. The lowest BCUT2D eigenvalue weighted by Gasteiger charge is -2.05. The number of benzene rings is 2. The minimum Gasteiger partial charge on any atom is -0.314 e. The van der Waals surface area contributed by atoms with Gasteiger partial charge < -0.3 is 10.6 Å². The van der Waals surface area contributed by atoms with Crippen molar-refractivity contribution in [2.75, 3.05) is 5.32 Å². The average Bonchev–Trinajstić information content (AvgIpc) is 2.44. The van der Waals surface area contributed by atoms with Crippen molar-refractivity contribution in [1.29, 1.82) is 0 Å². The summed E-state index contributed by atoms with van der Waals surface area (Å²) >= 11 is 3.37. The summed E-state index contributed by atoms with van der Waals surface area (Å²) in [4.78, 5) is 11.6. The summed E-state index contributed by atoms with van der Waals surface area (Å²) < 4.78 is 27.0. The molecule has 3 nitrogen and oxygen atoms in total. The van der Waals surface area contributed by atoms with Crippen LogP contribution in [0.4, 0.5) is 19.3 Å². The highest BCUT2D eigenvalue weighted by molar-refractivity contribution is 9.10. The first-order chi connectivity index (χ1) is 10.1. The molecule has 0 unspecified atom stereocenters. The van der Waals surface area contributed by atoms with Crippen molar-refractivity contribution < 1.29 is 13.6 Å². The second kappa shape index (κ2) is 6.99. The van der Waals surface area contributed by atoms with Gasteiger partial charge in [0.05, 0.1) is 5.69 Å². The summed E-state index contributed by atoms with van der Waals surface area (Å²) in [7, 11) is 0. The molecule has 0 fully saturated rings. The minimum absolute atomic E-state index is 0.0943. The summed E-state index contributed by atoms with van der Waals surface area (Å²) in [5.74, 6) is -1.53. The van der Waals surface area contributed by atoms with Crippen LogP contribution in [0, 0.1) is 11.6 Å². The van der Waals surface area contributed by atoms with Crippen molar-refractivity contribution in [2.24, 2.45) is 0 Å². The minimum atomic E-state index is -0.833. The molecule has 2 amide bonds. The van der Waals surface area contributed by atoms with Crippen molar-refractivity contribution in [2.45, 2.75) is 0 Å². The lowest BCUT2D eigenvalue weighted by atomic mass is 10.2. The Hall–Kier alpha value is -2.21. The van der Waals surface area contributed by atoms with Crippen LogP contribution in [0.15, 0.2) is 53.1 Å². The maximum absolute atomic E-state index is 13.3. The maximum Gasteiger partial charge on any atom is 0.323 e. The van der Waals surface area contributed by atoms with E-state index in [9.17, 15) is 13.6 Å². The lowest BCUT2D eigenvalue weighted by molar-refractivity contribution is 0.255. The molecule has 0 atom stereocenters. The Morgan fingerprint density at radius 1 is 1.14 bits per heavy atom. The highest BCUT2D eigenvalue weighted by Gasteiger charge is 2.06. The van der Waals surface area contributed by atoms with E-state index < -0.39 is 17.7 Å². The van der Waals surface area contributed by atoms with Gasteiger partial charge in [-0.2, -0.15) is 0 Å². The fourth-order valence-electron chi connectivity index (χ4n) is 1.57. The molecule has 2 aromatic rings. The third-order valence-corrected chi connectivity index (χ3v) is 3.28. The molecule has 108 valence electrons. The zero-order chi connectivity index (χ0) is 15.2. The molecule has 2 aromatic carbocycles. The van der Waals surface area contributed by atoms with Crippen molar-refractivity contribution >= 4 is 33.7 Å². The van der Waals surface area contributed by atoms with Gasteiger partial charge in [0.2, 0.25) is 0 Å². The fraction of sp³-hybridized carbons (Fsp3) is 0. The largest absolute Gasteiger partial charge is 0.323 e. The van der Waals surface area contributed by atoms with Crippen molar-refractivity contribution in [3.63, 3.8) is 0 Å². The lowest BCUT2D eigenvalue weighted by Crippen LogP contribution is -2.24. The zero-order valence-corrected chi connectivity index (χ0v) is 12.3. The topological polar surface area (TPSA) is 41.1 Å². The smallest absolute Gasteiger partial charge is 0.314 e. The normalized spacial score (nSPS) is 10.6. The van der Waals surface area contributed by atoms with Crippen LogP contribution >= 0.6 is 15.9 Å².